The minimum atomic E-state index is -0.453. The molecule has 7 nitrogen and oxygen atoms in total. The summed E-state index contributed by atoms with van der Waals surface area (Å²) in [6.07, 6.45) is 3.52. The first-order chi connectivity index (χ1) is 9.69. The SMILES string of the molecule is O=c1[nH]cnc2c1N=CC2CCN1C[C@@H](CO)[C@H](O)C1. The van der Waals surface area contributed by atoms with Crippen molar-refractivity contribution in [2.45, 2.75) is 18.4 Å². The van der Waals surface area contributed by atoms with Crippen molar-refractivity contribution in [3.63, 3.8) is 0 Å². The van der Waals surface area contributed by atoms with Crippen LogP contribution in [0.25, 0.3) is 0 Å². The van der Waals surface area contributed by atoms with E-state index in [-0.39, 0.29) is 24.0 Å². The maximum Gasteiger partial charge on any atom is 0.276 e. The molecule has 2 aliphatic heterocycles. The highest BCUT2D eigenvalue weighted by Crippen LogP contribution is 2.29. The number of rotatable bonds is 4. The first-order valence-corrected chi connectivity index (χ1v) is 6.82. The van der Waals surface area contributed by atoms with Gasteiger partial charge in [-0.05, 0) is 13.0 Å². The van der Waals surface area contributed by atoms with Crippen LogP contribution in [-0.2, 0) is 0 Å². The van der Waals surface area contributed by atoms with Gasteiger partial charge in [0.2, 0.25) is 0 Å². The number of fused-ring (bicyclic) bond motifs is 1. The van der Waals surface area contributed by atoms with Crippen molar-refractivity contribution in [2.24, 2.45) is 10.9 Å². The van der Waals surface area contributed by atoms with Gasteiger partial charge >= 0.3 is 0 Å². The summed E-state index contributed by atoms with van der Waals surface area (Å²) in [5.74, 6) is -0.00174. The molecule has 3 heterocycles. The van der Waals surface area contributed by atoms with E-state index in [2.05, 4.69) is 19.9 Å². The number of aromatic amines is 1. The van der Waals surface area contributed by atoms with Gasteiger partial charge in [-0.1, -0.05) is 0 Å². The van der Waals surface area contributed by atoms with Gasteiger partial charge in [0.05, 0.1) is 18.1 Å². The quantitative estimate of drug-likeness (QED) is 0.672. The first kappa shape index (κ1) is 13.4. The molecule has 1 saturated heterocycles. The smallest absolute Gasteiger partial charge is 0.276 e. The molecule has 3 atom stereocenters. The molecule has 7 heteroatoms. The molecule has 20 heavy (non-hydrogen) atoms. The third-order valence-electron chi connectivity index (χ3n) is 4.06. The predicted molar refractivity (Wildman–Crippen MR) is 73.4 cm³/mol. The zero-order valence-electron chi connectivity index (χ0n) is 11.1. The molecule has 0 aromatic carbocycles. The van der Waals surface area contributed by atoms with Gasteiger partial charge in [0, 0.05) is 37.7 Å². The van der Waals surface area contributed by atoms with E-state index in [1.54, 1.807) is 6.21 Å². The normalized spacial score (nSPS) is 29.0. The van der Waals surface area contributed by atoms with Crippen molar-refractivity contribution in [2.75, 3.05) is 26.2 Å². The van der Waals surface area contributed by atoms with Crippen molar-refractivity contribution in [1.29, 1.82) is 0 Å². The van der Waals surface area contributed by atoms with Gasteiger partial charge in [-0.15, -0.1) is 0 Å². The van der Waals surface area contributed by atoms with Gasteiger partial charge < -0.3 is 20.1 Å². The number of aliphatic hydroxyl groups excluding tert-OH is 2. The molecule has 3 N–H and O–H groups in total. The number of aliphatic hydroxyl groups is 2. The van der Waals surface area contributed by atoms with E-state index in [0.717, 1.165) is 18.7 Å². The third-order valence-corrected chi connectivity index (χ3v) is 4.06. The lowest BCUT2D eigenvalue weighted by Crippen LogP contribution is -2.24. The van der Waals surface area contributed by atoms with Gasteiger partial charge in [0.15, 0.2) is 0 Å². The molecule has 1 aromatic heterocycles. The average Bonchev–Trinajstić information content (AvgIpc) is 3.01. The number of nitrogens with zero attached hydrogens (tertiary/aromatic N) is 3. The summed E-state index contributed by atoms with van der Waals surface area (Å²) < 4.78 is 0. The number of nitrogens with one attached hydrogen (secondary N) is 1. The summed E-state index contributed by atoms with van der Waals surface area (Å²) >= 11 is 0. The fourth-order valence-corrected chi connectivity index (χ4v) is 2.87. The second kappa shape index (κ2) is 5.43. The van der Waals surface area contributed by atoms with Gasteiger partial charge in [0.25, 0.3) is 5.56 Å². The highest BCUT2D eigenvalue weighted by atomic mass is 16.3. The Hall–Kier alpha value is -1.57. The third kappa shape index (κ3) is 2.39. The number of β-amino-alcohol motifs (C(OH)–C–C–N with tert-alkyl or cyclic N) is 1. The Balaban J connectivity index is 1.61. The van der Waals surface area contributed by atoms with Crippen molar-refractivity contribution in [3.8, 4) is 0 Å². The van der Waals surface area contributed by atoms with E-state index in [1.807, 2.05) is 0 Å². The predicted octanol–water partition coefficient (Wildman–Crippen LogP) is -0.756. The minimum absolute atomic E-state index is 0.0162. The Morgan fingerprint density at radius 2 is 2.30 bits per heavy atom. The molecule has 2 aliphatic rings. The van der Waals surface area contributed by atoms with Crippen molar-refractivity contribution >= 4 is 11.9 Å². The Labute approximate surface area is 116 Å². The van der Waals surface area contributed by atoms with Crippen LogP contribution >= 0.6 is 0 Å². The molecule has 1 fully saturated rings. The fraction of sp³-hybridized carbons (Fsp3) is 0.615. The standard InChI is InChI=1S/C13H18N4O3/c18-6-9-4-17(5-10(9)19)2-1-8-3-14-12-11(8)15-7-16-13(12)20/h3,7-10,18-19H,1-2,4-6H2,(H,15,16,20)/t8?,9-,10+/m0/s1. The number of hydrogen-bond donors (Lipinski definition) is 3. The maximum absolute atomic E-state index is 11.6. The van der Waals surface area contributed by atoms with Crippen LogP contribution in [0.3, 0.4) is 0 Å². The number of aromatic nitrogens is 2. The summed E-state index contributed by atoms with van der Waals surface area (Å²) in [6, 6.07) is 0. The monoisotopic (exact) mass is 278 g/mol. The zero-order chi connectivity index (χ0) is 14.1. The molecule has 108 valence electrons. The van der Waals surface area contributed by atoms with Gasteiger partial charge in [-0.25, -0.2) is 4.98 Å². The number of aliphatic imine (C=N–C) groups is 1. The van der Waals surface area contributed by atoms with Crippen LogP contribution in [-0.4, -0.2) is 63.6 Å². The summed E-state index contributed by atoms with van der Waals surface area (Å²) in [6.45, 7) is 2.10. The molecule has 0 amide bonds. The second-order valence-electron chi connectivity index (χ2n) is 5.41. The van der Waals surface area contributed by atoms with Crippen LogP contribution in [0, 0.1) is 5.92 Å². The molecule has 3 rings (SSSR count). The van der Waals surface area contributed by atoms with Crippen LogP contribution in [0.5, 0.6) is 0 Å². The Bertz CT molecular complexity index is 571. The lowest BCUT2D eigenvalue weighted by atomic mass is 10.0. The molecule has 1 unspecified atom stereocenters. The zero-order valence-corrected chi connectivity index (χ0v) is 11.1. The van der Waals surface area contributed by atoms with E-state index in [4.69, 9.17) is 5.11 Å². The van der Waals surface area contributed by atoms with Crippen LogP contribution in [0.2, 0.25) is 0 Å². The molecule has 0 spiro atoms. The van der Waals surface area contributed by atoms with E-state index >= 15 is 0 Å². The number of hydrogen-bond acceptors (Lipinski definition) is 6. The van der Waals surface area contributed by atoms with Crippen LogP contribution in [0.4, 0.5) is 5.69 Å². The first-order valence-electron chi connectivity index (χ1n) is 6.82. The van der Waals surface area contributed by atoms with Crippen molar-refractivity contribution < 1.29 is 10.2 Å². The second-order valence-corrected chi connectivity index (χ2v) is 5.41. The van der Waals surface area contributed by atoms with Gasteiger partial charge in [-0.2, -0.15) is 0 Å². The molecule has 0 saturated carbocycles. The van der Waals surface area contributed by atoms with E-state index in [9.17, 15) is 9.90 Å². The van der Waals surface area contributed by atoms with E-state index in [0.29, 0.717) is 18.8 Å². The van der Waals surface area contributed by atoms with Crippen molar-refractivity contribution in [3.05, 3.63) is 22.4 Å². The van der Waals surface area contributed by atoms with Gasteiger partial charge in [-0.3, -0.25) is 9.79 Å². The summed E-state index contributed by atoms with van der Waals surface area (Å²) in [7, 11) is 0. The fourth-order valence-electron chi connectivity index (χ4n) is 2.87. The van der Waals surface area contributed by atoms with Crippen LogP contribution in [0.15, 0.2) is 16.1 Å². The van der Waals surface area contributed by atoms with Crippen molar-refractivity contribution in [1.82, 2.24) is 14.9 Å². The lowest BCUT2D eigenvalue weighted by molar-refractivity contribution is 0.103. The number of H-pyrrole nitrogens is 1. The minimum Gasteiger partial charge on any atom is -0.396 e. The Morgan fingerprint density at radius 3 is 3.05 bits per heavy atom. The topological polar surface area (TPSA) is 102 Å². The molecule has 1 aromatic rings. The summed E-state index contributed by atoms with van der Waals surface area (Å²) in [5, 5.41) is 18.9. The highest BCUT2D eigenvalue weighted by molar-refractivity contribution is 5.78. The van der Waals surface area contributed by atoms with Crippen LogP contribution < -0.4 is 5.56 Å². The largest absolute Gasteiger partial charge is 0.396 e. The summed E-state index contributed by atoms with van der Waals surface area (Å²) in [5.41, 5.74) is 0.935. The summed E-state index contributed by atoms with van der Waals surface area (Å²) in [4.78, 5) is 24.5. The lowest BCUT2D eigenvalue weighted by Gasteiger charge is -2.17. The molecule has 0 bridgehead atoms. The maximum atomic E-state index is 11.6. The van der Waals surface area contributed by atoms with E-state index in [1.165, 1.54) is 6.33 Å². The Morgan fingerprint density at radius 1 is 1.45 bits per heavy atom. The molecule has 0 radical (unpaired) electrons. The molecular weight excluding hydrogens is 260 g/mol. The molecular formula is C13H18N4O3. The van der Waals surface area contributed by atoms with Gasteiger partial charge in [0.1, 0.15) is 5.69 Å². The van der Waals surface area contributed by atoms with E-state index < -0.39 is 6.10 Å². The molecule has 0 aliphatic carbocycles. The van der Waals surface area contributed by atoms with Crippen LogP contribution in [0.1, 0.15) is 18.0 Å². The average molecular weight is 278 g/mol. The Kier molecular flexibility index (Phi) is 3.64. The highest BCUT2D eigenvalue weighted by Gasteiger charge is 2.31. The number of likely N-dealkylation sites (tertiary alicyclic amines) is 1.